The number of rotatable bonds is 7. The van der Waals surface area contributed by atoms with Crippen LogP contribution in [-0.4, -0.2) is 53.7 Å². The van der Waals surface area contributed by atoms with Crippen molar-refractivity contribution in [3.8, 4) is 5.88 Å². The molecule has 186 valence electrons. The molecule has 1 saturated carbocycles. The summed E-state index contributed by atoms with van der Waals surface area (Å²) in [6, 6.07) is 8.31. The van der Waals surface area contributed by atoms with Gasteiger partial charge in [-0.3, -0.25) is 4.79 Å². The molecule has 1 aromatic carbocycles. The first-order valence-electron chi connectivity index (χ1n) is 12.7. The number of carbonyl (C=O) groups is 1. The van der Waals surface area contributed by atoms with Crippen LogP contribution < -0.4 is 10.1 Å². The first-order valence-corrected chi connectivity index (χ1v) is 12.7. The summed E-state index contributed by atoms with van der Waals surface area (Å²) in [7, 11) is 1.55. The molecule has 1 saturated heterocycles. The van der Waals surface area contributed by atoms with E-state index in [1.54, 1.807) is 31.5 Å². The topological polar surface area (TPSA) is 80.5 Å². The SMILES string of the molecule is COc1cc(C(=O)NC2CCC(CCN3CCC(c4noc5cc(F)ccc45)CC3)CC2)ccn1. The molecule has 35 heavy (non-hydrogen) atoms. The largest absolute Gasteiger partial charge is 0.481 e. The molecule has 1 aliphatic carbocycles. The second-order valence-electron chi connectivity index (χ2n) is 9.89. The van der Waals surface area contributed by atoms with Crippen LogP contribution in [0.3, 0.4) is 0 Å². The molecule has 1 amide bonds. The molecule has 0 atom stereocenters. The van der Waals surface area contributed by atoms with Crippen LogP contribution in [0.15, 0.2) is 41.1 Å². The van der Waals surface area contributed by atoms with Crippen molar-refractivity contribution in [3.63, 3.8) is 0 Å². The van der Waals surface area contributed by atoms with Gasteiger partial charge < -0.3 is 19.5 Å². The fourth-order valence-electron chi connectivity index (χ4n) is 5.55. The minimum atomic E-state index is -0.291. The van der Waals surface area contributed by atoms with Crippen molar-refractivity contribution in [2.24, 2.45) is 5.92 Å². The zero-order valence-electron chi connectivity index (χ0n) is 20.2. The van der Waals surface area contributed by atoms with Crippen LogP contribution in [0.2, 0.25) is 0 Å². The summed E-state index contributed by atoms with van der Waals surface area (Å²) in [5.74, 6) is 1.20. The number of hydrogen-bond donors (Lipinski definition) is 1. The van der Waals surface area contributed by atoms with Crippen molar-refractivity contribution in [3.05, 3.63) is 53.6 Å². The predicted octanol–water partition coefficient (Wildman–Crippen LogP) is 4.93. The molecular weight excluding hydrogens is 447 g/mol. The lowest BCUT2D eigenvalue weighted by molar-refractivity contribution is 0.0918. The lowest BCUT2D eigenvalue weighted by atomic mass is 9.83. The van der Waals surface area contributed by atoms with Gasteiger partial charge in [0.05, 0.1) is 12.8 Å². The van der Waals surface area contributed by atoms with Gasteiger partial charge in [-0.25, -0.2) is 9.37 Å². The Balaban J connectivity index is 1.03. The molecule has 3 aromatic rings. The number of amides is 1. The van der Waals surface area contributed by atoms with Crippen molar-refractivity contribution in [2.75, 3.05) is 26.7 Å². The highest BCUT2D eigenvalue weighted by molar-refractivity contribution is 5.94. The Morgan fingerprint density at radius 3 is 2.71 bits per heavy atom. The summed E-state index contributed by atoms with van der Waals surface area (Å²) in [4.78, 5) is 19.2. The van der Waals surface area contributed by atoms with Gasteiger partial charge >= 0.3 is 0 Å². The average molecular weight is 481 g/mol. The second kappa shape index (κ2) is 10.7. The Bertz CT molecular complexity index is 1150. The third-order valence-corrected chi connectivity index (χ3v) is 7.68. The number of carbonyl (C=O) groups excluding carboxylic acids is 1. The molecule has 3 heterocycles. The van der Waals surface area contributed by atoms with Crippen molar-refractivity contribution >= 4 is 16.9 Å². The Morgan fingerprint density at radius 2 is 1.94 bits per heavy atom. The zero-order valence-corrected chi connectivity index (χ0v) is 20.2. The smallest absolute Gasteiger partial charge is 0.251 e. The van der Waals surface area contributed by atoms with Crippen LogP contribution in [-0.2, 0) is 0 Å². The first kappa shape index (κ1) is 23.7. The van der Waals surface area contributed by atoms with Crippen molar-refractivity contribution in [1.82, 2.24) is 20.4 Å². The fraction of sp³-hybridized carbons (Fsp3) is 0.519. The van der Waals surface area contributed by atoms with E-state index >= 15 is 0 Å². The van der Waals surface area contributed by atoms with Gasteiger partial charge in [0, 0.05) is 41.2 Å². The van der Waals surface area contributed by atoms with E-state index in [-0.39, 0.29) is 17.8 Å². The zero-order chi connectivity index (χ0) is 24.2. The first-order chi connectivity index (χ1) is 17.1. The number of fused-ring (bicyclic) bond motifs is 1. The lowest BCUT2D eigenvalue weighted by Crippen LogP contribution is -2.38. The molecule has 8 heteroatoms. The van der Waals surface area contributed by atoms with Gasteiger partial charge in [0.25, 0.3) is 5.91 Å². The summed E-state index contributed by atoms with van der Waals surface area (Å²) in [5.41, 5.74) is 2.10. The van der Waals surface area contributed by atoms with E-state index in [9.17, 15) is 9.18 Å². The van der Waals surface area contributed by atoms with Crippen molar-refractivity contribution in [2.45, 2.75) is 56.9 Å². The highest BCUT2D eigenvalue weighted by Gasteiger charge is 2.27. The number of halogens is 1. The van der Waals surface area contributed by atoms with E-state index in [0.717, 1.165) is 75.2 Å². The van der Waals surface area contributed by atoms with Crippen molar-refractivity contribution < 1.29 is 18.4 Å². The third kappa shape index (κ3) is 5.64. The van der Waals surface area contributed by atoms with Gasteiger partial charge in [-0.1, -0.05) is 5.16 Å². The number of pyridine rings is 1. The number of methoxy groups -OCH3 is 1. The number of benzene rings is 1. The van der Waals surface area contributed by atoms with E-state index in [0.29, 0.717) is 22.9 Å². The van der Waals surface area contributed by atoms with Crippen LogP contribution >= 0.6 is 0 Å². The van der Waals surface area contributed by atoms with Crippen LogP contribution in [0.1, 0.15) is 66.9 Å². The molecule has 2 fully saturated rings. The number of nitrogens with zero attached hydrogens (tertiary/aromatic N) is 3. The minimum absolute atomic E-state index is 0.0537. The van der Waals surface area contributed by atoms with Gasteiger partial charge in [0.2, 0.25) is 5.88 Å². The maximum absolute atomic E-state index is 13.4. The number of nitrogens with one attached hydrogen (secondary N) is 1. The van der Waals surface area contributed by atoms with E-state index in [4.69, 9.17) is 9.26 Å². The van der Waals surface area contributed by atoms with E-state index < -0.39 is 0 Å². The standard InChI is InChI=1S/C27H33FN4O3/c1-34-25-16-20(8-12-29-25)27(33)30-22-5-2-18(3-6-22)9-13-32-14-10-19(11-15-32)26-23-7-4-21(28)17-24(23)35-31-26/h4,7-8,12,16-19,22H,2-3,5-6,9-11,13-15H2,1H3,(H,30,33). The van der Waals surface area contributed by atoms with E-state index in [1.807, 2.05) is 0 Å². The second-order valence-corrected chi connectivity index (χ2v) is 9.89. The van der Waals surface area contributed by atoms with Gasteiger partial charge in [-0.15, -0.1) is 0 Å². The average Bonchev–Trinajstić information content (AvgIpc) is 3.31. The Labute approximate surface area is 205 Å². The molecule has 0 spiro atoms. The molecule has 2 aliphatic rings. The maximum atomic E-state index is 13.4. The number of ether oxygens (including phenoxy) is 1. The molecule has 2 aromatic heterocycles. The van der Waals surface area contributed by atoms with Gasteiger partial charge in [-0.05, 0) is 88.7 Å². The summed E-state index contributed by atoms with van der Waals surface area (Å²) >= 11 is 0. The monoisotopic (exact) mass is 480 g/mol. The molecule has 0 bridgehead atoms. The summed E-state index contributed by atoms with van der Waals surface area (Å²) in [6.45, 7) is 3.23. The number of aromatic nitrogens is 2. The Kier molecular flexibility index (Phi) is 7.27. The van der Waals surface area contributed by atoms with Crippen LogP contribution in [0.5, 0.6) is 5.88 Å². The summed E-state index contributed by atoms with van der Waals surface area (Å²) < 4.78 is 23.9. The fourth-order valence-corrected chi connectivity index (χ4v) is 5.55. The van der Waals surface area contributed by atoms with Gasteiger partial charge in [-0.2, -0.15) is 0 Å². The highest BCUT2D eigenvalue weighted by Crippen LogP contribution is 2.33. The highest BCUT2D eigenvalue weighted by atomic mass is 19.1. The quantitative estimate of drug-likeness (QED) is 0.517. The van der Waals surface area contributed by atoms with E-state index in [1.165, 1.54) is 18.6 Å². The molecule has 7 nitrogen and oxygen atoms in total. The molecule has 0 unspecified atom stereocenters. The molecule has 5 rings (SSSR count). The molecule has 1 N–H and O–H groups in total. The molecule has 1 aliphatic heterocycles. The minimum Gasteiger partial charge on any atom is -0.481 e. The number of likely N-dealkylation sites (tertiary alicyclic amines) is 1. The van der Waals surface area contributed by atoms with Crippen LogP contribution in [0.25, 0.3) is 11.0 Å². The number of piperidine rings is 1. The summed E-state index contributed by atoms with van der Waals surface area (Å²) in [5, 5.41) is 8.38. The lowest BCUT2D eigenvalue weighted by Gasteiger charge is -2.34. The maximum Gasteiger partial charge on any atom is 0.251 e. The Hall–Kier alpha value is -3.00. The van der Waals surface area contributed by atoms with Crippen LogP contribution in [0, 0.1) is 11.7 Å². The number of hydrogen-bond acceptors (Lipinski definition) is 6. The Morgan fingerprint density at radius 1 is 1.14 bits per heavy atom. The predicted molar refractivity (Wildman–Crippen MR) is 131 cm³/mol. The molecule has 0 radical (unpaired) electrons. The van der Waals surface area contributed by atoms with E-state index in [2.05, 4.69) is 20.4 Å². The third-order valence-electron chi connectivity index (χ3n) is 7.68. The normalized spacial score (nSPS) is 21.8. The summed E-state index contributed by atoms with van der Waals surface area (Å²) in [6.07, 6.45) is 9.28. The van der Waals surface area contributed by atoms with Crippen molar-refractivity contribution in [1.29, 1.82) is 0 Å². The van der Waals surface area contributed by atoms with Crippen LogP contribution in [0.4, 0.5) is 4.39 Å². The van der Waals surface area contributed by atoms with Gasteiger partial charge in [0.15, 0.2) is 5.58 Å². The van der Waals surface area contributed by atoms with Gasteiger partial charge in [0.1, 0.15) is 5.82 Å². The molecular formula is C27H33FN4O3.